The number of nitrogens with zero attached hydrogens (tertiary/aromatic N) is 4. The minimum atomic E-state index is -0.269. The van der Waals surface area contributed by atoms with Gasteiger partial charge in [-0.15, -0.1) is 11.3 Å². The van der Waals surface area contributed by atoms with Crippen molar-refractivity contribution in [2.75, 3.05) is 4.90 Å². The maximum absolute atomic E-state index is 9.35. The van der Waals surface area contributed by atoms with Crippen LogP contribution in [0.1, 0.15) is 5.76 Å². The van der Waals surface area contributed by atoms with Gasteiger partial charge in [0.25, 0.3) is 0 Å². The van der Waals surface area contributed by atoms with E-state index < -0.39 is 0 Å². The van der Waals surface area contributed by atoms with Crippen LogP contribution in [-0.4, -0.2) is 0 Å². The lowest BCUT2D eigenvalue weighted by atomic mass is 10.1. The summed E-state index contributed by atoms with van der Waals surface area (Å²) < 4.78 is 5.82. The summed E-state index contributed by atoms with van der Waals surface area (Å²) >= 11 is 1.54. The summed E-state index contributed by atoms with van der Waals surface area (Å²) in [6.07, 6.45) is 0. The lowest BCUT2D eigenvalue weighted by Gasteiger charge is -2.23. The van der Waals surface area contributed by atoms with Crippen LogP contribution >= 0.6 is 11.3 Å². The maximum atomic E-state index is 9.35. The topological polar surface area (TPSA) is 87.8 Å². The molecule has 4 rings (SSSR count). The largest absolute Gasteiger partial charge is 0.454 e. The molecule has 0 aliphatic heterocycles. The molecule has 2 aromatic carbocycles. The van der Waals surface area contributed by atoms with E-state index in [4.69, 9.17) is 14.9 Å². The van der Waals surface area contributed by atoms with Crippen molar-refractivity contribution in [2.45, 2.75) is 0 Å². The van der Waals surface area contributed by atoms with E-state index in [-0.39, 0.29) is 16.9 Å². The zero-order valence-corrected chi connectivity index (χ0v) is 17.0. The number of hydrogen-bond donors (Lipinski definition) is 0. The SMILES string of the molecule is N#CC(C#N)=C(C#N)c1ccc(-c2ccc(N(c3ccccc3)c3ccccc3)s2)o1. The van der Waals surface area contributed by atoms with E-state index >= 15 is 0 Å². The molecule has 0 saturated carbocycles. The first kappa shape index (κ1) is 19.7. The molecule has 31 heavy (non-hydrogen) atoms. The molecule has 4 aromatic rings. The Bertz CT molecular complexity index is 1310. The van der Waals surface area contributed by atoms with E-state index in [1.54, 1.807) is 24.3 Å². The molecule has 0 aliphatic carbocycles. The molecule has 6 heteroatoms. The summed E-state index contributed by atoms with van der Waals surface area (Å²) in [7, 11) is 0. The van der Waals surface area contributed by atoms with Crippen molar-refractivity contribution in [3.8, 4) is 28.8 Å². The predicted octanol–water partition coefficient (Wildman–Crippen LogP) is 6.80. The molecule has 0 atom stereocenters. The summed E-state index contributed by atoms with van der Waals surface area (Å²) in [5, 5.41) is 28.5. The maximum Gasteiger partial charge on any atom is 0.151 e. The minimum Gasteiger partial charge on any atom is -0.454 e. The number of allylic oxidation sites excluding steroid dienone is 2. The Kier molecular flexibility index (Phi) is 5.63. The average Bonchev–Trinajstić information content (AvgIpc) is 3.49. The normalized spacial score (nSPS) is 9.84. The summed E-state index contributed by atoms with van der Waals surface area (Å²) in [5.41, 5.74) is 1.73. The van der Waals surface area contributed by atoms with Crippen molar-refractivity contribution in [1.29, 1.82) is 15.8 Å². The highest BCUT2D eigenvalue weighted by Gasteiger charge is 2.18. The van der Waals surface area contributed by atoms with Crippen LogP contribution in [0.2, 0.25) is 0 Å². The number of hydrogen-bond acceptors (Lipinski definition) is 6. The number of anilines is 3. The zero-order chi connectivity index (χ0) is 21.6. The summed E-state index contributed by atoms with van der Waals surface area (Å²) in [6, 6.07) is 32.8. The Morgan fingerprint density at radius 1 is 0.710 bits per heavy atom. The first-order valence-corrected chi connectivity index (χ1v) is 10.1. The van der Waals surface area contributed by atoms with Crippen molar-refractivity contribution in [3.63, 3.8) is 0 Å². The summed E-state index contributed by atoms with van der Waals surface area (Å²) in [5.74, 6) is 0.767. The highest BCUT2D eigenvalue weighted by molar-refractivity contribution is 7.19. The van der Waals surface area contributed by atoms with Crippen LogP contribution in [0.15, 0.2) is 94.9 Å². The molecule has 5 nitrogen and oxygen atoms in total. The van der Waals surface area contributed by atoms with Crippen LogP contribution in [0.3, 0.4) is 0 Å². The van der Waals surface area contributed by atoms with Gasteiger partial charge in [0.15, 0.2) is 5.57 Å². The van der Waals surface area contributed by atoms with Gasteiger partial charge >= 0.3 is 0 Å². The van der Waals surface area contributed by atoms with Crippen molar-refractivity contribution < 1.29 is 4.42 Å². The molecule has 0 saturated heterocycles. The second-order valence-corrected chi connectivity index (χ2v) is 7.46. The molecular formula is C25H14N4OS. The van der Waals surface area contributed by atoms with E-state index in [9.17, 15) is 5.26 Å². The molecule has 0 spiro atoms. The third kappa shape index (κ3) is 3.95. The smallest absolute Gasteiger partial charge is 0.151 e. The third-order valence-electron chi connectivity index (χ3n) is 4.52. The van der Waals surface area contributed by atoms with Gasteiger partial charge in [-0.1, -0.05) is 36.4 Å². The second kappa shape index (κ2) is 8.84. The van der Waals surface area contributed by atoms with E-state index in [1.165, 1.54) is 11.3 Å². The zero-order valence-electron chi connectivity index (χ0n) is 16.2. The van der Waals surface area contributed by atoms with E-state index in [0.29, 0.717) is 5.76 Å². The first-order valence-electron chi connectivity index (χ1n) is 9.30. The van der Waals surface area contributed by atoms with Gasteiger partial charge in [-0.3, -0.25) is 0 Å². The van der Waals surface area contributed by atoms with Gasteiger partial charge in [-0.05, 0) is 48.5 Å². The van der Waals surface area contributed by atoms with Crippen LogP contribution < -0.4 is 4.90 Å². The lowest BCUT2D eigenvalue weighted by molar-refractivity contribution is 0.570. The highest BCUT2D eigenvalue weighted by Crippen LogP contribution is 2.42. The van der Waals surface area contributed by atoms with Gasteiger partial charge in [-0.2, -0.15) is 15.8 Å². The van der Waals surface area contributed by atoms with Gasteiger partial charge in [0, 0.05) is 11.4 Å². The quantitative estimate of drug-likeness (QED) is 0.332. The van der Waals surface area contributed by atoms with Crippen LogP contribution in [0.25, 0.3) is 16.2 Å². The predicted molar refractivity (Wildman–Crippen MR) is 120 cm³/mol. The summed E-state index contributed by atoms with van der Waals surface area (Å²) in [6.45, 7) is 0. The Balaban J connectivity index is 1.74. The number of thiophene rings is 1. The van der Waals surface area contributed by atoms with Gasteiger partial charge in [0.1, 0.15) is 40.3 Å². The van der Waals surface area contributed by atoms with Crippen molar-refractivity contribution in [3.05, 3.63) is 96.3 Å². The van der Waals surface area contributed by atoms with Crippen molar-refractivity contribution in [1.82, 2.24) is 0 Å². The number of rotatable bonds is 5. The van der Waals surface area contributed by atoms with Gasteiger partial charge in [0.2, 0.25) is 0 Å². The van der Waals surface area contributed by atoms with E-state index in [0.717, 1.165) is 21.3 Å². The average molecular weight is 418 g/mol. The fraction of sp³-hybridized carbons (Fsp3) is 0. The minimum absolute atomic E-state index is 0.0665. The van der Waals surface area contributed by atoms with E-state index in [2.05, 4.69) is 4.90 Å². The van der Waals surface area contributed by atoms with Gasteiger partial charge < -0.3 is 9.32 Å². The number of furan rings is 1. The van der Waals surface area contributed by atoms with Crippen LogP contribution in [0.4, 0.5) is 16.4 Å². The summed E-state index contributed by atoms with van der Waals surface area (Å²) in [4.78, 5) is 3.02. The molecule has 0 aliphatic rings. The fourth-order valence-corrected chi connectivity index (χ4v) is 4.12. The molecule has 146 valence electrons. The van der Waals surface area contributed by atoms with Crippen molar-refractivity contribution >= 4 is 33.3 Å². The van der Waals surface area contributed by atoms with E-state index in [1.807, 2.05) is 78.9 Å². The second-order valence-electron chi connectivity index (χ2n) is 6.39. The Morgan fingerprint density at radius 2 is 1.32 bits per heavy atom. The molecule has 0 fully saturated rings. The van der Waals surface area contributed by atoms with Crippen LogP contribution in [-0.2, 0) is 0 Å². The van der Waals surface area contributed by atoms with Gasteiger partial charge in [-0.25, -0.2) is 0 Å². The van der Waals surface area contributed by atoms with Crippen LogP contribution in [0, 0.1) is 34.0 Å². The van der Waals surface area contributed by atoms with Crippen molar-refractivity contribution in [2.24, 2.45) is 0 Å². The molecule has 0 amide bonds. The molecule has 0 bridgehead atoms. The molecule has 0 N–H and O–H groups in total. The highest BCUT2D eigenvalue weighted by atomic mass is 32.1. The molecule has 2 heterocycles. The molecule has 0 unspecified atom stereocenters. The molecule has 0 radical (unpaired) electrons. The number of benzene rings is 2. The number of para-hydroxylation sites is 2. The fourth-order valence-electron chi connectivity index (χ4n) is 3.11. The lowest BCUT2D eigenvalue weighted by Crippen LogP contribution is -2.07. The van der Waals surface area contributed by atoms with Gasteiger partial charge in [0.05, 0.1) is 4.88 Å². The van der Waals surface area contributed by atoms with Crippen LogP contribution in [0.5, 0.6) is 0 Å². The standard InChI is InChI=1S/C25H14N4OS/c26-15-18(16-27)21(17-28)22-11-12-23(30-22)24-13-14-25(31-24)29(19-7-3-1-4-8-19)20-9-5-2-6-10-20/h1-14H. The number of nitriles is 3. The molecular weight excluding hydrogens is 404 g/mol. The Labute approximate surface area is 183 Å². The Hall–Kier alpha value is -4.57. The third-order valence-corrected chi connectivity index (χ3v) is 5.61. The first-order chi connectivity index (χ1) is 15.2. The monoisotopic (exact) mass is 418 g/mol. The Morgan fingerprint density at radius 3 is 1.87 bits per heavy atom. The molecule has 2 aromatic heterocycles.